The van der Waals surface area contributed by atoms with E-state index in [-0.39, 0.29) is 6.10 Å². The molecule has 1 aliphatic rings. The highest BCUT2D eigenvalue weighted by Crippen LogP contribution is 2.32. The summed E-state index contributed by atoms with van der Waals surface area (Å²) in [7, 11) is 0. The number of hydrogen-bond acceptors (Lipinski definition) is 1. The minimum atomic E-state index is 0.00926. The van der Waals surface area contributed by atoms with E-state index in [1.807, 2.05) is 0 Å². The van der Waals surface area contributed by atoms with Gasteiger partial charge in [0.2, 0.25) is 0 Å². The Balaban J connectivity index is 2.29. The molecule has 3 atom stereocenters. The lowest BCUT2D eigenvalue weighted by Gasteiger charge is -2.36. The van der Waals surface area contributed by atoms with E-state index in [2.05, 4.69) is 13.8 Å². The van der Waals surface area contributed by atoms with Crippen molar-refractivity contribution in [1.82, 2.24) is 0 Å². The third-order valence-corrected chi connectivity index (χ3v) is 2.12. The maximum absolute atomic E-state index is 8.89. The van der Waals surface area contributed by atoms with E-state index in [0.29, 0.717) is 5.92 Å². The smallest absolute Gasteiger partial charge is 0.0571 e. The summed E-state index contributed by atoms with van der Waals surface area (Å²) in [6.45, 7) is 4.27. The Morgan fingerprint density at radius 2 is 2.00 bits per heavy atom. The van der Waals surface area contributed by atoms with Gasteiger partial charge in [0.1, 0.15) is 0 Å². The van der Waals surface area contributed by atoms with E-state index < -0.39 is 0 Å². The van der Waals surface area contributed by atoms with Gasteiger partial charge >= 0.3 is 0 Å². The van der Waals surface area contributed by atoms with Gasteiger partial charge in [-0.15, -0.1) is 0 Å². The largest absolute Gasteiger partial charge is 0.393 e. The zero-order valence-electron chi connectivity index (χ0n) is 4.89. The monoisotopic (exact) mass is 100 g/mol. The van der Waals surface area contributed by atoms with Crippen molar-refractivity contribution in [1.29, 1.82) is 0 Å². The highest BCUT2D eigenvalue weighted by molar-refractivity contribution is 4.82. The van der Waals surface area contributed by atoms with Crippen LogP contribution in [0.4, 0.5) is 0 Å². The zero-order valence-corrected chi connectivity index (χ0v) is 4.89. The van der Waals surface area contributed by atoms with Gasteiger partial charge in [-0.3, -0.25) is 0 Å². The number of aliphatic hydroxyl groups is 1. The third kappa shape index (κ3) is 0.653. The Kier molecular flexibility index (Phi) is 1.08. The Morgan fingerprint density at radius 1 is 1.43 bits per heavy atom. The lowest BCUT2D eigenvalue weighted by Crippen LogP contribution is -2.37. The van der Waals surface area contributed by atoms with Crippen LogP contribution in [0.25, 0.3) is 0 Å². The molecular formula is C6H12O. The Bertz CT molecular complexity index is 62.6. The van der Waals surface area contributed by atoms with Gasteiger partial charge in [-0.1, -0.05) is 13.8 Å². The van der Waals surface area contributed by atoms with Crippen molar-refractivity contribution in [3.8, 4) is 0 Å². The van der Waals surface area contributed by atoms with Crippen molar-refractivity contribution < 1.29 is 5.11 Å². The molecule has 1 heteroatoms. The molecule has 42 valence electrons. The molecule has 0 radical (unpaired) electrons. The van der Waals surface area contributed by atoms with Gasteiger partial charge in [0.05, 0.1) is 6.10 Å². The molecule has 0 bridgehead atoms. The number of hydrogen-bond donors (Lipinski definition) is 1. The molecule has 0 saturated heterocycles. The number of rotatable bonds is 0. The second kappa shape index (κ2) is 1.48. The second-order valence-corrected chi connectivity index (χ2v) is 2.64. The minimum absolute atomic E-state index is 0.00926. The van der Waals surface area contributed by atoms with E-state index in [1.165, 1.54) is 0 Å². The average Bonchev–Trinajstić information content (AvgIpc) is 1.68. The highest BCUT2D eigenvalue weighted by atomic mass is 16.3. The van der Waals surface area contributed by atoms with Crippen molar-refractivity contribution in [3.63, 3.8) is 0 Å². The van der Waals surface area contributed by atoms with Crippen molar-refractivity contribution in [2.24, 2.45) is 11.8 Å². The lowest BCUT2D eigenvalue weighted by molar-refractivity contribution is -0.0143. The van der Waals surface area contributed by atoms with Crippen LogP contribution in [0.15, 0.2) is 0 Å². The van der Waals surface area contributed by atoms with E-state index in [4.69, 9.17) is 5.11 Å². The summed E-state index contributed by atoms with van der Waals surface area (Å²) in [5.74, 6) is 1.31. The molecule has 0 spiro atoms. The van der Waals surface area contributed by atoms with Crippen LogP contribution >= 0.6 is 0 Å². The fraction of sp³-hybridized carbons (Fsp3) is 1.00. The molecule has 1 rings (SSSR count). The van der Waals surface area contributed by atoms with E-state index in [9.17, 15) is 0 Å². The van der Waals surface area contributed by atoms with Crippen molar-refractivity contribution in [3.05, 3.63) is 0 Å². The predicted octanol–water partition coefficient (Wildman–Crippen LogP) is 1.02. The predicted molar refractivity (Wildman–Crippen MR) is 29.0 cm³/mol. The average molecular weight is 100 g/mol. The molecule has 0 aromatic heterocycles. The summed E-state index contributed by atoms with van der Waals surface area (Å²) >= 11 is 0. The van der Waals surface area contributed by atoms with E-state index in [1.54, 1.807) is 0 Å². The summed E-state index contributed by atoms with van der Waals surface area (Å²) in [6, 6.07) is 0. The summed E-state index contributed by atoms with van der Waals surface area (Å²) in [5, 5.41) is 8.89. The molecule has 1 saturated carbocycles. The summed E-state index contributed by atoms with van der Waals surface area (Å²) in [6.07, 6.45) is 1.02. The van der Waals surface area contributed by atoms with E-state index in [0.717, 1.165) is 12.3 Å². The van der Waals surface area contributed by atoms with Gasteiger partial charge in [-0.25, -0.2) is 0 Å². The molecule has 7 heavy (non-hydrogen) atoms. The molecule has 1 fully saturated rings. The van der Waals surface area contributed by atoms with Crippen LogP contribution in [0.1, 0.15) is 20.3 Å². The molecule has 1 unspecified atom stereocenters. The van der Waals surface area contributed by atoms with Gasteiger partial charge in [-0.05, 0) is 18.3 Å². The molecule has 1 N–H and O–H groups in total. The Morgan fingerprint density at radius 3 is 2.00 bits per heavy atom. The molecule has 0 aromatic rings. The van der Waals surface area contributed by atoms with Crippen LogP contribution in [0.2, 0.25) is 0 Å². The molecule has 1 nitrogen and oxygen atoms in total. The Labute approximate surface area is 44.4 Å². The van der Waals surface area contributed by atoms with Gasteiger partial charge < -0.3 is 5.11 Å². The fourth-order valence-electron chi connectivity index (χ4n) is 0.994. The van der Waals surface area contributed by atoms with Crippen LogP contribution in [0, 0.1) is 11.8 Å². The minimum Gasteiger partial charge on any atom is -0.393 e. The molecule has 0 aliphatic heterocycles. The normalized spacial score (nSPS) is 51.0. The van der Waals surface area contributed by atoms with Crippen molar-refractivity contribution in [2.45, 2.75) is 26.4 Å². The molecule has 0 aromatic carbocycles. The maximum atomic E-state index is 8.89. The number of aliphatic hydroxyl groups excluding tert-OH is 1. The first-order valence-corrected chi connectivity index (χ1v) is 2.90. The molecule has 0 amide bonds. The van der Waals surface area contributed by atoms with Crippen molar-refractivity contribution >= 4 is 0 Å². The topological polar surface area (TPSA) is 20.2 Å². The van der Waals surface area contributed by atoms with Gasteiger partial charge in [0, 0.05) is 0 Å². The summed E-state index contributed by atoms with van der Waals surface area (Å²) in [4.78, 5) is 0. The van der Waals surface area contributed by atoms with Crippen LogP contribution in [-0.4, -0.2) is 11.2 Å². The van der Waals surface area contributed by atoms with Crippen LogP contribution < -0.4 is 0 Å². The van der Waals surface area contributed by atoms with Crippen molar-refractivity contribution in [2.75, 3.05) is 0 Å². The van der Waals surface area contributed by atoms with Gasteiger partial charge in [0.25, 0.3) is 0 Å². The first-order valence-electron chi connectivity index (χ1n) is 2.90. The quantitative estimate of drug-likeness (QED) is 0.482. The second-order valence-electron chi connectivity index (χ2n) is 2.64. The summed E-state index contributed by atoms with van der Waals surface area (Å²) < 4.78 is 0. The third-order valence-electron chi connectivity index (χ3n) is 2.12. The molecule has 1 aliphatic carbocycles. The molecular weight excluding hydrogens is 88.1 g/mol. The lowest BCUT2D eigenvalue weighted by atomic mass is 9.74. The van der Waals surface area contributed by atoms with Gasteiger partial charge in [-0.2, -0.15) is 0 Å². The van der Waals surface area contributed by atoms with Gasteiger partial charge in [0.15, 0.2) is 0 Å². The Hall–Kier alpha value is -0.0400. The van der Waals surface area contributed by atoms with E-state index >= 15 is 0 Å². The maximum Gasteiger partial charge on any atom is 0.0571 e. The standard InChI is InChI=1S/C6H12O/c1-4-3-6(7)5(4)2/h4-7H,3H2,1-2H3/t4?,5-,6+/m0/s1. The fourth-order valence-corrected chi connectivity index (χ4v) is 0.994. The summed E-state index contributed by atoms with van der Waals surface area (Å²) in [5.41, 5.74) is 0. The SMILES string of the molecule is CC1C[C@@H](O)[C@H]1C. The highest BCUT2D eigenvalue weighted by Gasteiger charge is 2.31. The first-order chi connectivity index (χ1) is 3.22. The van der Waals surface area contributed by atoms with Crippen LogP contribution in [0.5, 0.6) is 0 Å². The van der Waals surface area contributed by atoms with Crippen LogP contribution in [0.3, 0.4) is 0 Å². The zero-order chi connectivity index (χ0) is 5.44. The first kappa shape index (κ1) is 5.10. The van der Waals surface area contributed by atoms with Crippen LogP contribution in [-0.2, 0) is 0 Å². The molecule has 0 heterocycles.